The summed E-state index contributed by atoms with van der Waals surface area (Å²) in [5.74, 6) is 0.879. The van der Waals surface area contributed by atoms with E-state index >= 15 is 0 Å². The van der Waals surface area contributed by atoms with E-state index in [9.17, 15) is 23.4 Å². The second kappa shape index (κ2) is 9.79. The summed E-state index contributed by atoms with van der Waals surface area (Å²) in [4.78, 5) is 18.6. The van der Waals surface area contributed by atoms with E-state index in [4.69, 9.17) is 9.29 Å². The van der Waals surface area contributed by atoms with E-state index in [1.807, 2.05) is 31.3 Å². The van der Waals surface area contributed by atoms with Crippen LogP contribution in [0.25, 0.3) is 0 Å². The van der Waals surface area contributed by atoms with Crippen LogP contribution in [0.15, 0.2) is 54.6 Å². The number of aliphatic hydroxyl groups is 1. The Hall–Kier alpha value is -2.92. The summed E-state index contributed by atoms with van der Waals surface area (Å²) >= 11 is 0. The van der Waals surface area contributed by atoms with Gasteiger partial charge in [-0.25, -0.2) is 0 Å². The first-order valence-electron chi connectivity index (χ1n) is 15.3. The molecule has 1 saturated heterocycles. The fourth-order valence-electron chi connectivity index (χ4n) is 9.08. The minimum absolute atomic E-state index is 0.0107. The quantitative estimate of drug-likeness (QED) is 0.338. The summed E-state index contributed by atoms with van der Waals surface area (Å²) in [6.07, 6.45) is 10.1. The van der Waals surface area contributed by atoms with E-state index in [-0.39, 0.29) is 23.1 Å². The first kappa shape index (κ1) is 28.8. The molecule has 9 nitrogen and oxygen atoms in total. The van der Waals surface area contributed by atoms with Gasteiger partial charge >= 0.3 is 0 Å². The zero-order valence-corrected chi connectivity index (χ0v) is 25.5. The molecule has 2 saturated carbocycles. The number of nitrogens with zero attached hydrogens (tertiary/aromatic N) is 2. The van der Waals surface area contributed by atoms with Crippen molar-refractivity contribution >= 4 is 16.0 Å². The van der Waals surface area contributed by atoms with Gasteiger partial charge < -0.3 is 19.8 Å². The van der Waals surface area contributed by atoms with Gasteiger partial charge in [0.15, 0.2) is 11.5 Å². The first-order chi connectivity index (χ1) is 20.4. The summed E-state index contributed by atoms with van der Waals surface area (Å²) in [5, 5.41) is 23.3. The molecule has 6 atom stereocenters. The Morgan fingerprint density at radius 1 is 1.14 bits per heavy atom. The SMILES string of the molecule is CN(CCc1ccccc1)C(=O)[C@H]1C[C@@]23C=C[C@@]1(O)[C@@H]1Oc4c(O)ccc5c4[C@@]12CCN(CC1CC1)[C@@H]3C5.CS(=O)(=O)O. The number of carbonyl (C=O) groups is 1. The van der Waals surface area contributed by atoms with Gasteiger partial charge in [0, 0.05) is 37.2 Å². The molecule has 7 aliphatic rings. The predicted molar refractivity (Wildman–Crippen MR) is 160 cm³/mol. The van der Waals surface area contributed by atoms with E-state index in [2.05, 4.69) is 29.2 Å². The van der Waals surface area contributed by atoms with Crippen molar-refractivity contribution in [2.24, 2.45) is 17.3 Å². The second-order valence-corrected chi connectivity index (χ2v) is 15.0. The molecular formula is C33H40N2O7S. The Kier molecular flexibility index (Phi) is 6.56. The van der Waals surface area contributed by atoms with Crippen LogP contribution in [-0.2, 0) is 33.2 Å². The van der Waals surface area contributed by atoms with E-state index in [1.54, 1.807) is 11.0 Å². The van der Waals surface area contributed by atoms with Crippen LogP contribution in [0.5, 0.6) is 11.5 Å². The number of phenolic OH excluding ortho intramolecular Hbond substituents is 1. The molecular weight excluding hydrogens is 568 g/mol. The van der Waals surface area contributed by atoms with Gasteiger partial charge in [0.25, 0.3) is 10.1 Å². The number of amides is 1. The van der Waals surface area contributed by atoms with Crippen LogP contribution < -0.4 is 4.74 Å². The average molecular weight is 609 g/mol. The molecule has 2 heterocycles. The number of likely N-dealkylation sites (N-methyl/N-ethyl adjacent to an activating group) is 1. The Balaban J connectivity index is 0.000000558. The van der Waals surface area contributed by atoms with Crippen molar-refractivity contribution in [3.63, 3.8) is 0 Å². The number of ether oxygens (including phenoxy) is 1. The maximum atomic E-state index is 14.1. The smallest absolute Gasteiger partial charge is 0.261 e. The number of aromatic hydroxyl groups is 1. The van der Waals surface area contributed by atoms with Gasteiger partial charge in [-0.15, -0.1) is 0 Å². The number of rotatable bonds is 6. The van der Waals surface area contributed by atoms with Crippen LogP contribution in [0.4, 0.5) is 0 Å². The van der Waals surface area contributed by atoms with Gasteiger partial charge in [-0.2, -0.15) is 8.42 Å². The normalized spacial score (nSPS) is 34.6. The Morgan fingerprint density at radius 3 is 2.56 bits per heavy atom. The highest BCUT2D eigenvalue weighted by Gasteiger charge is 2.79. The zero-order chi connectivity index (χ0) is 30.4. The molecule has 2 spiro atoms. The van der Waals surface area contributed by atoms with Gasteiger partial charge in [0.2, 0.25) is 5.91 Å². The Labute approximate surface area is 252 Å². The van der Waals surface area contributed by atoms with Crippen LogP contribution in [0, 0.1) is 17.3 Å². The third-order valence-corrected chi connectivity index (χ3v) is 11.0. The Morgan fingerprint density at radius 2 is 1.86 bits per heavy atom. The molecule has 230 valence electrons. The highest BCUT2D eigenvalue weighted by molar-refractivity contribution is 7.85. The average Bonchev–Trinajstić information content (AvgIpc) is 3.70. The lowest BCUT2D eigenvalue weighted by Gasteiger charge is -2.70. The standard InChI is InChI=1S/C32H36N2O4.CH4O3S/c1-33(15-11-20-5-3-2-4-6-20)28(36)23-18-30-12-13-32(23,37)29-31(30)14-16-34(19-21-7-8-21)25(30)17-22-9-10-24(35)27(38-29)26(22)31;1-5(2,3)4/h2-6,9-10,12-13,21,23,25,29,35,37H,7-8,11,14-19H2,1H3;1H3,(H,2,3,4)/t23-,25-,29-,30-,31+,32+;/m1./s1. The van der Waals surface area contributed by atoms with Crippen LogP contribution in [0.3, 0.4) is 0 Å². The third-order valence-electron chi connectivity index (χ3n) is 11.0. The van der Waals surface area contributed by atoms with E-state index in [0.29, 0.717) is 25.0 Å². The van der Waals surface area contributed by atoms with Crippen molar-refractivity contribution in [1.82, 2.24) is 9.80 Å². The molecule has 4 bridgehead atoms. The van der Waals surface area contributed by atoms with Crippen LogP contribution in [0.2, 0.25) is 0 Å². The van der Waals surface area contributed by atoms with Gasteiger partial charge in [-0.1, -0.05) is 48.6 Å². The molecule has 43 heavy (non-hydrogen) atoms. The molecule has 2 aromatic rings. The molecule has 5 aliphatic carbocycles. The van der Waals surface area contributed by atoms with Gasteiger partial charge in [0.1, 0.15) is 11.7 Å². The lowest BCUT2D eigenvalue weighted by Crippen LogP contribution is -2.80. The third kappa shape index (κ3) is 4.35. The summed E-state index contributed by atoms with van der Waals surface area (Å²) in [5.41, 5.74) is 1.41. The van der Waals surface area contributed by atoms with Gasteiger partial charge in [-0.3, -0.25) is 14.2 Å². The van der Waals surface area contributed by atoms with Gasteiger partial charge in [-0.05, 0) is 68.2 Å². The number of hydrogen-bond donors (Lipinski definition) is 3. The van der Waals surface area contributed by atoms with E-state index in [1.165, 1.54) is 24.0 Å². The van der Waals surface area contributed by atoms with Crippen molar-refractivity contribution in [3.05, 3.63) is 71.3 Å². The monoisotopic (exact) mass is 608 g/mol. The van der Waals surface area contributed by atoms with Crippen molar-refractivity contribution in [3.8, 4) is 11.5 Å². The van der Waals surface area contributed by atoms with Crippen molar-refractivity contribution in [1.29, 1.82) is 0 Å². The number of phenols is 1. The largest absolute Gasteiger partial charge is 0.504 e. The van der Waals surface area contributed by atoms with Crippen molar-refractivity contribution < 1.29 is 32.7 Å². The molecule has 0 aromatic heterocycles. The minimum atomic E-state index is -3.67. The maximum Gasteiger partial charge on any atom is 0.261 e. The molecule has 2 aliphatic heterocycles. The number of benzene rings is 2. The van der Waals surface area contributed by atoms with Crippen LogP contribution in [-0.4, -0.2) is 89.6 Å². The van der Waals surface area contributed by atoms with E-state index in [0.717, 1.165) is 43.8 Å². The topological polar surface area (TPSA) is 128 Å². The summed E-state index contributed by atoms with van der Waals surface area (Å²) in [6.45, 7) is 2.68. The lowest BCUT2D eigenvalue weighted by atomic mass is 9.37. The molecule has 10 heteroatoms. The summed E-state index contributed by atoms with van der Waals surface area (Å²) < 4.78 is 32.5. The van der Waals surface area contributed by atoms with Crippen molar-refractivity contribution in [2.75, 3.05) is 32.9 Å². The zero-order valence-electron chi connectivity index (χ0n) is 24.6. The molecule has 3 fully saturated rings. The van der Waals surface area contributed by atoms with Gasteiger partial charge in [0.05, 0.1) is 17.6 Å². The minimum Gasteiger partial charge on any atom is -0.504 e. The predicted octanol–water partition coefficient (Wildman–Crippen LogP) is 2.94. The Bertz CT molecular complexity index is 1580. The van der Waals surface area contributed by atoms with E-state index < -0.39 is 33.2 Å². The molecule has 2 aromatic carbocycles. The molecule has 0 radical (unpaired) electrons. The highest BCUT2D eigenvalue weighted by Crippen LogP contribution is 2.74. The number of likely N-dealkylation sites (tertiary alicyclic amines) is 1. The van der Waals surface area contributed by atoms with Crippen molar-refractivity contribution in [2.45, 2.75) is 61.7 Å². The number of hydrogen-bond acceptors (Lipinski definition) is 7. The molecule has 9 rings (SSSR count). The molecule has 1 amide bonds. The highest BCUT2D eigenvalue weighted by atomic mass is 32.2. The second-order valence-electron chi connectivity index (χ2n) is 13.6. The number of piperidine rings is 1. The number of fused-ring (bicyclic) bond motifs is 1. The first-order valence-corrected chi connectivity index (χ1v) is 17.1. The molecule has 0 unspecified atom stereocenters. The fraction of sp³-hybridized carbons (Fsp3) is 0.545. The fourth-order valence-corrected chi connectivity index (χ4v) is 9.08. The summed E-state index contributed by atoms with van der Waals surface area (Å²) in [6, 6.07) is 14.3. The van der Waals surface area contributed by atoms with Crippen LogP contribution >= 0.6 is 0 Å². The summed E-state index contributed by atoms with van der Waals surface area (Å²) in [7, 11) is -1.80. The lowest BCUT2D eigenvalue weighted by molar-refractivity contribution is -0.210. The maximum absolute atomic E-state index is 14.1. The van der Waals surface area contributed by atoms with Crippen LogP contribution in [0.1, 0.15) is 42.4 Å². The molecule has 3 N–H and O–H groups in total. The number of carbonyl (C=O) groups excluding carboxylic acids is 1.